The van der Waals surface area contributed by atoms with Crippen LogP contribution in [-0.2, 0) is 19.6 Å². The van der Waals surface area contributed by atoms with E-state index in [0.29, 0.717) is 0 Å². The molecule has 1 saturated carbocycles. The van der Waals surface area contributed by atoms with E-state index in [2.05, 4.69) is 0 Å². The molecule has 0 aromatic rings. The number of esters is 1. The van der Waals surface area contributed by atoms with Crippen LogP contribution < -0.4 is 0 Å². The van der Waals surface area contributed by atoms with Crippen LogP contribution >= 0.6 is 0 Å². The molecule has 0 heterocycles. The Morgan fingerprint density at radius 1 is 1.41 bits per heavy atom. The van der Waals surface area contributed by atoms with Crippen LogP contribution in [0.2, 0.25) is 0 Å². The predicted octanol–water partition coefficient (Wildman–Crippen LogP) is 1.000. The van der Waals surface area contributed by atoms with Gasteiger partial charge < -0.3 is 4.74 Å². The van der Waals surface area contributed by atoms with Crippen molar-refractivity contribution in [2.75, 3.05) is 18.9 Å². The molecule has 0 bridgehead atoms. The van der Waals surface area contributed by atoms with E-state index in [0.717, 1.165) is 12.8 Å². The molecule has 1 fully saturated rings. The fourth-order valence-electron chi connectivity index (χ4n) is 1.67. The molecule has 6 heteroatoms. The zero-order chi connectivity index (χ0) is 13.1. The van der Waals surface area contributed by atoms with Crippen LogP contribution in [0.25, 0.3) is 0 Å². The van der Waals surface area contributed by atoms with Gasteiger partial charge in [0.25, 0.3) is 0 Å². The van der Waals surface area contributed by atoms with Crippen molar-refractivity contribution < 1.29 is 17.9 Å². The Morgan fingerprint density at radius 3 is 2.41 bits per heavy atom. The Morgan fingerprint density at radius 2 is 2.00 bits per heavy atom. The van der Waals surface area contributed by atoms with Crippen LogP contribution in [0, 0.1) is 5.92 Å². The average molecular weight is 263 g/mol. The predicted molar refractivity (Wildman–Crippen MR) is 65.0 cm³/mol. The summed E-state index contributed by atoms with van der Waals surface area (Å²) in [5.74, 6) is -0.321. The van der Waals surface area contributed by atoms with Crippen molar-refractivity contribution in [2.45, 2.75) is 39.7 Å². The zero-order valence-corrected chi connectivity index (χ0v) is 11.5. The molecule has 0 radical (unpaired) electrons. The molecule has 100 valence electrons. The Bertz CT molecular complexity index is 360. The van der Waals surface area contributed by atoms with Crippen molar-refractivity contribution in [1.29, 1.82) is 0 Å². The van der Waals surface area contributed by atoms with Gasteiger partial charge in [-0.2, -0.15) is 4.31 Å². The molecular formula is C11H21NO4S. The lowest BCUT2D eigenvalue weighted by Crippen LogP contribution is -2.40. The van der Waals surface area contributed by atoms with Crippen LogP contribution in [0.5, 0.6) is 0 Å². The summed E-state index contributed by atoms with van der Waals surface area (Å²) in [5, 5.41) is 0. The highest BCUT2D eigenvalue weighted by Gasteiger charge is 2.38. The first-order valence-electron chi connectivity index (χ1n) is 6.02. The van der Waals surface area contributed by atoms with E-state index < -0.39 is 16.0 Å². The maximum atomic E-state index is 12.1. The van der Waals surface area contributed by atoms with Crippen LogP contribution in [-0.4, -0.2) is 43.6 Å². The Labute approximate surface area is 103 Å². The fourth-order valence-corrected chi connectivity index (χ4v) is 3.67. The summed E-state index contributed by atoms with van der Waals surface area (Å²) in [7, 11) is -3.34. The third-order valence-corrected chi connectivity index (χ3v) is 4.68. The molecule has 0 atom stereocenters. The molecule has 0 amide bonds. The van der Waals surface area contributed by atoms with Crippen LogP contribution in [0.15, 0.2) is 0 Å². The minimum absolute atomic E-state index is 0.00292. The maximum Gasteiger partial charge on any atom is 0.321 e. The molecule has 1 aliphatic rings. The van der Waals surface area contributed by atoms with E-state index in [-0.39, 0.29) is 30.9 Å². The van der Waals surface area contributed by atoms with Crippen molar-refractivity contribution in [2.24, 2.45) is 5.92 Å². The lowest BCUT2D eigenvalue weighted by atomic mass is 10.3. The van der Waals surface area contributed by atoms with Gasteiger partial charge in [-0.05, 0) is 25.7 Å². The van der Waals surface area contributed by atoms with Crippen LogP contribution in [0.4, 0.5) is 0 Å². The molecule has 0 aromatic heterocycles. The van der Waals surface area contributed by atoms with Gasteiger partial charge in [-0.25, -0.2) is 8.42 Å². The van der Waals surface area contributed by atoms with E-state index >= 15 is 0 Å². The third-order valence-electron chi connectivity index (χ3n) is 2.45. The summed E-state index contributed by atoms with van der Waals surface area (Å²) in [5.41, 5.74) is 0. The van der Waals surface area contributed by atoms with Crippen molar-refractivity contribution in [3.05, 3.63) is 0 Å². The van der Waals surface area contributed by atoms with Gasteiger partial charge in [0.2, 0.25) is 10.0 Å². The zero-order valence-electron chi connectivity index (χ0n) is 10.7. The lowest BCUT2D eigenvalue weighted by molar-refractivity contribution is -0.143. The first-order chi connectivity index (χ1) is 7.86. The lowest BCUT2D eigenvalue weighted by Gasteiger charge is -2.21. The number of nitrogens with zero attached hydrogens (tertiary/aromatic N) is 1. The number of carbonyl (C=O) groups excluding carboxylic acids is 1. The van der Waals surface area contributed by atoms with Crippen LogP contribution in [0.3, 0.4) is 0 Å². The SMILES string of the molecule is CCOC(=O)CN(C1CC1)S(=O)(=O)CC(C)C. The number of sulfonamides is 1. The van der Waals surface area contributed by atoms with E-state index in [9.17, 15) is 13.2 Å². The molecule has 0 saturated heterocycles. The number of hydrogen-bond acceptors (Lipinski definition) is 4. The Hall–Kier alpha value is -0.620. The molecule has 0 N–H and O–H groups in total. The van der Waals surface area contributed by atoms with E-state index in [1.807, 2.05) is 13.8 Å². The Balaban J connectivity index is 2.68. The van der Waals surface area contributed by atoms with Gasteiger partial charge in [0.1, 0.15) is 6.54 Å². The molecule has 1 rings (SSSR count). The highest BCUT2D eigenvalue weighted by Crippen LogP contribution is 2.29. The van der Waals surface area contributed by atoms with Crippen molar-refractivity contribution >= 4 is 16.0 Å². The topological polar surface area (TPSA) is 63.7 Å². The largest absolute Gasteiger partial charge is 0.465 e. The monoisotopic (exact) mass is 263 g/mol. The van der Waals surface area contributed by atoms with E-state index in [4.69, 9.17) is 4.74 Å². The molecule has 1 aliphatic carbocycles. The number of rotatable bonds is 7. The molecule has 17 heavy (non-hydrogen) atoms. The summed E-state index contributed by atoms with van der Waals surface area (Å²) in [6, 6.07) is 0.00292. The summed E-state index contributed by atoms with van der Waals surface area (Å²) < 4.78 is 30.3. The fraction of sp³-hybridized carbons (Fsp3) is 0.909. The van der Waals surface area contributed by atoms with Crippen LogP contribution in [0.1, 0.15) is 33.6 Å². The van der Waals surface area contributed by atoms with Gasteiger partial charge in [0.15, 0.2) is 0 Å². The van der Waals surface area contributed by atoms with Crippen molar-refractivity contribution in [1.82, 2.24) is 4.31 Å². The highest BCUT2D eigenvalue weighted by molar-refractivity contribution is 7.89. The summed E-state index contributed by atoms with van der Waals surface area (Å²) in [6.07, 6.45) is 1.69. The second kappa shape index (κ2) is 5.82. The van der Waals surface area contributed by atoms with Gasteiger partial charge in [0.05, 0.1) is 12.4 Å². The molecular weight excluding hydrogens is 242 g/mol. The summed E-state index contributed by atoms with van der Waals surface area (Å²) in [4.78, 5) is 11.4. The number of hydrogen-bond donors (Lipinski definition) is 0. The first-order valence-corrected chi connectivity index (χ1v) is 7.63. The van der Waals surface area contributed by atoms with Gasteiger partial charge in [-0.1, -0.05) is 13.8 Å². The number of carbonyl (C=O) groups is 1. The summed E-state index contributed by atoms with van der Waals surface area (Å²) >= 11 is 0. The van der Waals surface area contributed by atoms with Crippen molar-refractivity contribution in [3.63, 3.8) is 0 Å². The highest BCUT2D eigenvalue weighted by atomic mass is 32.2. The quantitative estimate of drug-likeness (QED) is 0.643. The van der Waals surface area contributed by atoms with Gasteiger partial charge in [-0.3, -0.25) is 4.79 Å². The number of ether oxygens (including phenoxy) is 1. The standard InChI is InChI=1S/C11H21NO4S/c1-4-16-11(13)7-12(10-5-6-10)17(14,15)8-9(2)3/h9-10H,4-8H2,1-3H3. The third kappa shape index (κ3) is 4.63. The second-order valence-corrected chi connectivity index (χ2v) is 6.72. The normalized spacial score (nSPS) is 16.5. The van der Waals surface area contributed by atoms with Crippen molar-refractivity contribution in [3.8, 4) is 0 Å². The van der Waals surface area contributed by atoms with Gasteiger partial charge in [0, 0.05) is 6.04 Å². The Kier molecular flexibility index (Phi) is 4.94. The first kappa shape index (κ1) is 14.4. The molecule has 0 spiro atoms. The smallest absolute Gasteiger partial charge is 0.321 e. The van der Waals surface area contributed by atoms with Gasteiger partial charge in [-0.15, -0.1) is 0 Å². The van der Waals surface area contributed by atoms with E-state index in [1.54, 1.807) is 6.92 Å². The molecule has 0 unspecified atom stereocenters. The van der Waals surface area contributed by atoms with E-state index in [1.165, 1.54) is 4.31 Å². The minimum atomic E-state index is -3.34. The molecule has 5 nitrogen and oxygen atoms in total. The average Bonchev–Trinajstić information content (AvgIpc) is 2.95. The minimum Gasteiger partial charge on any atom is -0.465 e. The summed E-state index contributed by atoms with van der Waals surface area (Å²) in [6.45, 7) is 5.55. The maximum absolute atomic E-state index is 12.1. The molecule has 0 aliphatic heterocycles. The van der Waals surface area contributed by atoms with Gasteiger partial charge >= 0.3 is 5.97 Å². The second-order valence-electron chi connectivity index (χ2n) is 4.75. The molecule has 0 aromatic carbocycles.